The van der Waals surface area contributed by atoms with Crippen LogP contribution in [0.25, 0.3) is 5.65 Å². The number of anilines is 1. The Hall–Kier alpha value is -3.71. The number of nitrogens with zero attached hydrogens (tertiary/aromatic N) is 5. The van der Waals surface area contributed by atoms with E-state index in [0.29, 0.717) is 49.3 Å². The van der Waals surface area contributed by atoms with Crippen molar-refractivity contribution < 1.29 is 35.9 Å². The van der Waals surface area contributed by atoms with Gasteiger partial charge in [-0.2, -0.15) is 31.4 Å². The summed E-state index contributed by atoms with van der Waals surface area (Å²) in [5.41, 5.74) is -2.62. The number of carbonyl (C=O) groups is 2. The Morgan fingerprint density at radius 3 is 2.19 bits per heavy atom. The number of aryl methyl sites for hydroxylation is 1. The average molecular weight is 528 g/mol. The maximum absolute atomic E-state index is 13.1. The van der Waals surface area contributed by atoms with Gasteiger partial charge in [0, 0.05) is 56.7 Å². The maximum Gasteiger partial charge on any atom is 0.416 e. The molecular formula is C23H22F6N6O2. The second-order valence-electron chi connectivity index (χ2n) is 9.79. The summed E-state index contributed by atoms with van der Waals surface area (Å²) >= 11 is 0. The Morgan fingerprint density at radius 1 is 1.03 bits per heavy atom. The average Bonchev–Trinajstić information content (AvgIpc) is 3.33. The van der Waals surface area contributed by atoms with Crippen LogP contribution in [0.5, 0.6) is 0 Å². The van der Waals surface area contributed by atoms with Crippen LogP contribution < -0.4 is 5.32 Å². The first-order valence-electron chi connectivity index (χ1n) is 11.3. The highest BCUT2D eigenvalue weighted by molar-refractivity contribution is 6.00. The molecule has 1 spiro atoms. The van der Waals surface area contributed by atoms with E-state index in [1.165, 1.54) is 18.1 Å². The van der Waals surface area contributed by atoms with Crippen molar-refractivity contribution in [3.05, 3.63) is 53.5 Å². The lowest BCUT2D eigenvalue weighted by Gasteiger charge is -2.60. The second-order valence-corrected chi connectivity index (χ2v) is 9.79. The molecule has 0 bridgehead atoms. The van der Waals surface area contributed by atoms with Gasteiger partial charge in [0.25, 0.3) is 5.91 Å². The number of hydrogen-bond donors (Lipinski definition) is 1. The largest absolute Gasteiger partial charge is 0.416 e. The maximum atomic E-state index is 13.1. The molecule has 1 aliphatic heterocycles. The van der Waals surface area contributed by atoms with Crippen LogP contribution in [0, 0.1) is 5.41 Å². The van der Waals surface area contributed by atoms with E-state index >= 15 is 0 Å². The van der Waals surface area contributed by atoms with E-state index in [9.17, 15) is 35.9 Å². The summed E-state index contributed by atoms with van der Waals surface area (Å²) in [7, 11) is 3.25. The Bertz CT molecular complexity index is 1340. The number of likely N-dealkylation sites (tertiary alicyclic amines) is 1. The van der Waals surface area contributed by atoms with E-state index in [1.807, 2.05) is 7.05 Å². The molecule has 3 heterocycles. The third-order valence-corrected chi connectivity index (χ3v) is 7.15. The molecule has 3 aromatic rings. The van der Waals surface area contributed by atoms with E-state index in [4.69, 9.17) is 0 Å². The van der Waals surface area contributed by atoms with Crippen molar-refractivity contribution in [1.82, 2.24) is 24.0 Å². The van der Waals surface area contributed by atoms with E-state index in [-0.39, 0.29) is 23.4 Å². The third kappa shape index (κ3) is 4.37. The molecule has 0 atom stereocenters. The fourth-order valence-electron chi connectivity index (χ4n) is 5.15. The minimum absolute atomic E-state index is 0.00565. The molecule has 14 heteroatoms. The number of imidazole rings is 1. The number of nitrogens with one attached hydrogen (secondary N) is 1. The number of hydrogen-bond acceptors (Lipinski definition) is 3. The minimum atomic E-state index is -5.01. The van der Waals surface area contributed by atoms with Crippen LogP contribution in [0.2, 0.25) is 0 Å². The molecule has 8 nitrogen and oxygen atoms in total. The van der Waals surface area contributed by atoms with Crippen molar-refractivity contribution in [1.29, 1.82) is 0 Å². The molecule has 1 aromatic carbocycles. The molecule has 1 N–H and O–H groups in total. The van der Waals surface area contributed by atoms with Gasteiger partial charge in [-0.05, 0) is 31.0 Å². The number of amides is 3. The number of carbonyl (C=O) groups excluding carboxylic acids is 2. The fraction of sp³-hybridized carbons (Fsp3) is 0.435. The van der Waals surface area contributed by atoms with E-state index < -0.39 is 35.2 Å². The van der Waals surface area contributed by atoms with Gasteiger partial charge >= 0.3 is 18.4 Å². The van der Waals surface area contributed by atoms with Crippen LogP contribution in [0.3, 0.4) is 0 Å². The van der Waals surface area contributed by atoms with Crippen LogP contribution in [-0.4, -0.2) is 62.1 Å². The molecule has 2 fully saturated rings. The summed E-state index contributed by atoms with van der Waals surface area (Å²) in [6.45, 7) is 0.976. The molecule has 2 aliphatic rings. The Morgan fingerprint density at radius 2 is 1.62 bits per heavy atom. The quantitative estimate of drug-likeness (QED) is 0.510. The minimum Gasteiger partial charge on any atom is -0.337 e. The molecule has 0 radical (unpaired) electrons. The third-order valence-electron chi connectivity index (χ3n) is 7.15. The standard InChI is InChI=1S/C23H22F6N6O2/c1-32-3-4-35-18(32)17(10-30-35)19(36)34-11-21(12-34)8-16(9-21)33(2)20(37)31-15-6-13(22(24,25)26)5-14(7-15)23(27,28)29/h3-7,10,16H,8-9,11-12H2,1-2H3,(H,31,37). The molecule has 2 aromatic heterocycles. The first kappa shape index (κ1) is 25.0. The van der Waals surface area contributed by atoms with E-state index in [1.54, 1.807) is 26.4 Å². The molecule has 3 amide bonds. The summed E-state index contributed by atoms with van der Waals surface area (Å²) in [6, 6.07) is -0.129. The van der Waals surface area contributed by atoms with E-state index in [0.717, 1.165) is 0 Å². The van der Waals surface area contributed by atoms with E-state index in [2.05, 4.69) is 10.4 Å². The lowest BCUT2D eigenvalue weighted by Crippen LogP contribution is -2.67. The van der Waals surface area contributed by atoms with Gasteiger partial charge in [-0.3, -0.25) is 4.79 Å². The smallest absolute Gasteiger partial charge is 0.337 e. The normalized spacial score (nSPS) is 17.6. The zero-order chi connectivity index (χ0) is 26.9. The summed E-state index contributed by atoms with van der Waals surface area (Å²) < 4.78 is 81.9. The van der Waals surface area contributed by atoms with Crippen molar-refractivity contribution in [3.8, 4) is 0 Å². The molecule has 5 rings (SSSR count). The summed E-state index contributed by atoms with van der Waals surface area (Å²) in [5, 5.41) is 6.33. The lowest BCUT2D eigenvalue weighted by molar-refractivity contribution is -0.143. The first-order chi connectivity index (χ1) is 17.2. The van der Waals surface area contributed by atoms with Crippen LogP contribution in [0.1, 0.15) is 34.3 Å². The van der Waals surface area contributed by atoms with Gasteiger partial charge < -0.3 is 19.7 Å². The molecule has 198 valence electrons. The Labute approximate surface area is 206 Å². The highest BCUT2D eigenvalue weighted by atomic mass is 19.4. The monoisotopic (exact) mass is 528 g/mol. The number of fused-ring (bicyclic) bond motifs is 1. The van der Waals surface area contributed by atoms with Crippen LogP contribution in [-0.2, 0) is 19.4 Å². The molecule has 0 unspecified atom stereocenters. The number of halogens is 6. The van der Waals surface area contributed by atoms with Crippen molar-refractivity contribution in [2.45, 2.75) is 31.2 Å². The molecule has 1 saturated heterocycles. The van der Waals surface area contributed by atoms with Gasteiger partial charge in [0.2, 0.25) is 0 Å². The molecular weight excluding hydrogens is 506 g/mol. The SMILES string of the molecule is CN(C(=O)Nc1cc(C(F)(F)F)cc(C(F)(F)F)c1)C1CC2(C1)CN(C(=O)c1cnn3ccn(C)c13)C2. The number of rotatable bonds is 3. The van der Waals surface area contributed by atoms with Crippen molar-refractivity contribution in [2.75, 3.05) is 25.5 Å². The molecule has 1 aliphatic carbocycles. The van der Waals surface area contributed by atoms with Gasteiger partial charge in [-0.1, -0.05) is 0 Å². The van der Waals surface area contributed by atoms with Crippen LogP contribution >= 0.6 is 0 Å². The zero-order valence-corrected chi connectivity index (χ0v) is 19.7. The van der Waals surface area contributed by atoms with Crippen LogP contribution in [0.15, 0.2) is 36.8 Å². The second kappa shape index (κ2) is 8.15. The van der Waals surface area contributed by atoms with Crippen molar-refractivity contribution in [2.24, 2.45) is 12.5 Å². The topological polar surface area (TPSA) is 74.9 Å². The van der Waals surface area contributed by atoms with Crippen molar-refractivity contribution >= 4 is 23.3 Å². The van der Waals surface area contributed by atoms with Gasteiger partial charge in [-0.15, -0.1) is 0 Å². The number of benzene rings is 1. The number of aromatic nitrogens is 3. The number of urea groups is 1. The number of alkyl halides is 6. The lowest BCUT2D eigenvalue weighted by atomic mass is 9.60. The molecule has 37 heavy (non-hydrogen) atoms. The highest BCUT2D eigenvalue weighted by Gasteiger charge is 2.55. The van der Waals surface area contributed by atoms with Gasteiger partial charge in [-0.25, -0.2) is 9.31 Å². The van der Waals surface area contributed by atoms with Crippen LogP contribution in [0.4, 0.5) is 36.8 Å². The highest BCUT2D eigenvalue weighted by Crippen LogP contribution is 2.50. The fourth-order valence-corrected chi connectivity index (χ4v) is 5.15. The first-order valence-corrected chi connectivity index (χ1v) is 11.3. The summed E-state index contributed by atoms with van der Waals surface area (Å²) in [5.74, 6) is -0.151. The summed E-state index contributed by atoms with van der Waals surface area (Å²) in [4.78, 5) is 28.5. The Kier molecular flexibility index (Phi) is 5.50. The van der Waals surface area contributed by atoms with Gasteiger partial charge in [0.1, 0.15) is 11.2 Å². The van der Waals surface area contributed by atoms with Gasteiger partial charge in [0.15, 0.2) is 0 Å². The summed E-state index contributed by atoms with van der Waals surface area (Å²) in [6.07, 6.45) is -3.85. The van der Waals surface area contributed by atoms with Crippen molar-refractivity contribution in [3.63, 3.8) is 0 Å². The Balaban J connectivity index is 1.20. The zero-order valence-electron chi connectivity index (χ0n) is 19.7. The van der Waals surface area contributed by atoms with Gasteiger partial charge in [0.05, 0.1) is 17.3 Å². The predicted molar refractivity (Wildman–Crippen MR) is 119 cm³/mol. The predicted octanol–water partition coefficient (Wildman–Crippen LogP) is 4.48. The molecule has 1 saturated carbocycles.